The number of nitrogens with one attached hydrogen (secondary N) is 1. The SMILES string of the molecule is Cc1cccc(O[C@H](C)C(=O)N[C@H](C)c2ccc3c(c2)CCCC3)c1C. The molecule has 1 aliphatic rings. The van der Waals surface area contributed by atoms with Crippen molar-refractivity contribution in [3.8, 4) is 5.75 Å². The van der Waals surface area contributed by atoms with Gasteiger partial charge in [0.05, 0.1) is 6.04 Å². The van der Waals surface area contributed by atoms with Crippen molar-refractivity contribution in [2.24, 2.45) is 0 Å². The second-order valence-corrected chi connectivity index (χ2v) is 7.42. The molecule has 3 heteroatoms. The Morgan fingerprint density at radius 3 is 2.54 bits per heavy atom. The van der Waals surface area contributed by atoms with Crippen molar-refractivity contribution in [3.63, 3.8) is 0 Å². The number of hydrogen-bond acceptors (Lipinski definition) is 2. The highest BCUT2D eigenvalue weighted by atomic mass is 16.5. The lowest BCUT2D eigenvalue weighted by Crippen LogP contribution is -2.38. The van der Waals surface area contributed by atoms with E-state index >= 15 is 0 Å². The van der Waals surface area contributed by atoms with Gasteiger partial charge in [0.15, 0.2) is 6.10 Å². The van der Waals surface area contributed by atoms with Crippen molar-refractivity contribution >= 4 is 5.91 Å². The number of carbonyl (C=O) groups is 1. The van der Waals surface area contributed by atoms with Crippen LogP contribution in [0.2, 0.25) is 0 Å². The highest BCUT2D eigenvalue weighted by molar-refractivity contribution is 5.81. The number of carbonyl (C=O) groups excluding carboxylic acids is 1. The Morgan fingerprint density at radius 2 is 1.77 bits per heavy atom. The molecule has 3 rings (SSSR count). The van der Waals surface area contributed by atoms with Crippen LogP contribution in [0, 0.1) is 13.8 Å². The molecule has 1 N–H and O–H groups in total. The van der Waals surface area contributed by atoms with E-state index in [-0.39, 0.29) is 11.9 Å². The summed E-state index contributed by atoms with van der Waals surface area (Å²) in [6, 6.07) is 12.5. The lowest BCUT2D eigenvalue weighted by Gasteiger charge is -2.22. The van der Waals surface area contributed by atoms with Gasteiger partial charge in [-0.1, -0.05) is 30.3 Å². The average Bonchev–Trinajstić information content (AvgIpc) is 2.64. The number of rotatable bonds is 5. The Bertz CT molecular complexity index is 797. The number of fused-ring (bicyclic) bond motifs is 1. The van der Waals surface area contributed by atoms with Gasteiger partial charge in [0.25, 0.3) is 5.91 Å². The first-order chi connectivity index (χ1) is 12.5. The van der Waals surface area contributed by atoms with Crippen molar-refractivity contribution in [2.75, 3.05) is 0 Å². The molecule has 3 nitrogen and oxygen atoms in total. The van der Waals surface area contributed by atoms with Crippen LogP contribution in [0.5, 0.6) is 5.75 Å². The van der Waals surface area contributed by atoms with E-state index in [9.17, 15) is 4.79 Å². The largest absolute Gasteiger partial charge is 0.481 e. The van der Waals surface area contributed by atoms with Crippen LogP contribution >= 0.6 is 0 Å². The molecule has 0 aromatic heterocycles. The zero-order chi connectivity index (χ0) is 18.7. The summed E-state index contributed by atoms with van der Waals surface area (Å²) < 4.78 is 5.90. The number of amides is 1. The number of ether oxygens (including phenoxy) is 1. The zero-order valence-electron chi connectivity index (χ0n) is 16.3. The van der Waals surface area contributed by atoms with E-state index in [4.69, 9.17) is 4.74 Å². The molecule has 2 atom stereocenters. The minimum Gasteiger partial charge on any atom is -0.481 e. The third-order valence-electron chi connectivity index (χ3n) is 5.46. The van der Waals surface area contributed by atoms with Crippen LogP contribution in [0.3, 0.4) is 0 Å². The van der Waals surface area contributed by atoms with Gasteiger partial charge in [-0.05, 0) is 87.3 Å². The first-order valence-electron chi connectivity index (χ1n) is 9.60. The summed E-state index contributed by atoms with van der Waals surface area (Å²) in [4.78, 5) is 12.6. The van der Waals surface area contributed by atoms with Crippen molar-refractivity contribution in [1.82, 2.24) is 5.32 Å². The fourth-order valence-electron chi connectivity index (χ4n) is 3.53. The van der Waals surface area contributed by atoms with Gasteiger partial charge in [-0.2, -0.15) is 0 Å². The first-order valence-corrected chi connectivity index (χ1v) is 9.60. The van der Waals surface area contributed by atoms with Gasteiger partial charge in [0.1, 0.15) is 5.75 Å². The van der Waals surface area contributed by atoms with Crippen molar-refractivity contribution in [1.29, 1.82) is 0 Å². The van der Waals surface area contributed by atoms with E-state index < -0.39 is 6.10 Å². The molecule has 0 bridgehead atoms. The van der Waals surface area contributed by atoms with Gasteiger partial charge in [0.2, 0.25) is 0 Å². The van der Waals surface area contributed by atoms with E-state index in [1.807, 2.05) is 39.0 Å². The van der Waals surface area contributed by atoms with E-state index in [1.54, 1.807) is 6.92 Å². The summed E-state index contributed by atoms with van der Waals surface area (Å²) in [6.07, 6.45) is 4.34. The van der Waals surface area contributed by atoms with Gasteiger partial charge in [0, 0.05) is 0 Å². The fraction of sp³-hybridized carbons (Fsp3) is 0.435. The molecular weight excluding hydrogens is 322 g/mol. The summed E-state index contributed by atoms with van der Waals surface area (Å²) >= 11 is 0. The molecule has 0 fully saturated rings. The number of aryl methyl sites for hydroxylation is 3. The van der Waals surface area contributed by atoms with Crippen LogP contribution in [-0.4, -0.2) is 12.0 Å². The molecule has 1 aliphatic carbocycles. The van der Waals surface area contributed by atoms with Gasteiger partial charge < -0.3 is 10.1 Å². The summed E-state index contributed by atoms with van der Waals surface area (Å²) in [7, 11) is 0. The van der Waals surface area contributed by atoms with Gasteiger partial charge in [-0.15, -0.1) is 0 Å². The van der Waals surface area contributed by atoms with E-state index in [1.165, 1.54) is 30.4 Å². The molecule has 0 aliphatic heterocycles. The van der Waals surface area contributed by atoms with Crippen molar-refractivity contribution in [3.05, 3.63) is 64.2 Å². The fourth-order valence-corrected chi connectivity index (χ4v) is 3.53. The Labute approximate surface area is 156 Å². The summed E-state index contributed by atoms with van der Waals surface area (Å²) in [5.74, 6) is 0.685. The lowest BCUT2D eigenvalue weighted by atomic mass is 9.89. The second kappa shape index (κ2) is 7.94. The predicted octanol–water partition coefficient (Wildman–Crippen LogP) is 4.83. The second-order valence-electron chi connectivity index (χ2n) is 7.42. The lowest BCUT2D eigenvalue weighted by molar-refractivity contribution is -0.127. The van der Waals surface area contributed by atoms with Crippen molar-refractivity contribution in [2.45, 2.75) is 65.5 Å². The Balaban J connectivity index is 1.64. The Morgan fingerprint density at radius 1 is 1.04 bits per heavy atom. The van der Waals surface area contributed by atoms with Gasteiger partial charge in [-0.25, -0.2) is 0 Å². The molecule has 0 radical (unpaired) electrons. The maximum absolute atomic E-state index is 12.6. The molecule has 2 aromatic rings. The zero-order valence-corrected chi connectivity index (χ0v) is 16.3. The van der Waals surface area contributed by atoms with E-state index in [0.29, 0.717) is 0 Å². The van der Waals surface area contributed by atoms with Gasteiger partial charge in [-0.3, -0.25) is 4.79 Å². The molecule has 0 unspecified atom stereocenters. The molecule has 1 amide bonds. The standard InChI is InChI=1S/C23H29NO2/c1-15-8-7-11-22(16(15)2)26-18(4)23(25)24-17(3)20-13-12-19-9-5-6-10-21(19)14-20/h7-8,11-14,17-18H,5-6,9-10H2,1-4H3,(H,24,25)/t17-,18-/m1/s1. The smallest absolute Gasteiger partial charge is 0.261 e. The Kier molecular flexibility index (Phi) is 5.65. The summed E-state index contributed by atoms with van der Waals surface area (Å²) in [5, 5.41) is 3.09. The monoisotopic (exact) mass is 351 g/mol. The molecule has 2 aromatic carbocycles. The minimum absolute atomic E-state index is 0.0283. The predicted molar refractivity (Wildman–Crippen MR) is 106 cm³/mol. The molecular formula is C23H29NO2. The number of benzene rings is 2. The third kappa shape index (κ3) is 4.09. The number of hydrogen-bond donors (Lipinski definition) is 1. The maximum atomic E-state index is 12.6. The van der Waals surface area contributed by atoms with Crippen LogP contribution in [-0.2, 0) is 17.6 Å². The normalized spacial score (nSPS) is 15.7. The topological polar surface area (TPSA) is 38.3 Å². The van der Waals surface area contributed by atoms with Gasteiger partial charge >= 0.3 is 0 Å². The van der Waals surface area contributed by atoms with Crippen LogP contribution in [0.25, 0.3) is 0 Å². The first kappa shape index (κ1) is 18.5. The van der Waals surface area contributed by atoms with Crippen LogP contribution in [0.15, 0.2) is 36.4 Å². The third-order valence-corrected chi connectivity index (χ3v) is 5.46. The Hall–Kier alpha value is -2.29. The highest BCUT2D eigenvalue weighted by Gasteiger charge is 2.19. The molecule has 26 heavy (non-hydrogen) atoms. The van der Waals surface area contributed by atoms with Crippen LogP contribution < -0.4 is 10.1 Å². The summed E-state index contributed by atoms with van der Waals surface area (Å²) in [5.41, 5.74) is 6.31. The van der Waals surface area contributed by atoms with E-state index in [0.717, 1.165) is 28.9 Å². The van der Waals surface area contributed by atoms with Crippen molar-refractivity contribution < 1.29 is 9.53 Å². The molecule has 0 heterocycles. The van der Waals surface area contributed by atoms with Crippen LogP contribution in [0.1, 0.15) is 60.5 Å². The molecule has 0 saturated heterocycles. The quantitative estimate of drug-likeness (QED) is 0.838. The summed E-state index contributed by atoms with van der Waals surface area (Å²) in [6.45, 7) is 7.90. The molecule has 0 spiro atoms. The minimum atomic E-state index is -0.532. The maximum Gasteiger partial charge on any atom is 0.261 e. The van der Waals surface area contributed by atoms with Crippen LogP contribution in [0.4, 0.5) is 0 Å². The average molecular weight is 351 g/mol. The van der Waals surface area contributed by atoms with E-state index in [2.05, 4.69) is 23.5 Å². The highest BCUT2D eigenvalue weighted by Crippen LogP contribution is 2.25. The molecule has 138 valence electrons. The molecule has 0 saturated carbocycles.